The highest BCUT2D eigenvalue weighted by atomic mass is 19.1. The van der Waals surface area contributed by atoms with Gasteiger partial charge in [-0.3, -0.25) is 0 Å². The van der Waals surface area contributed by atoms with Gasteiger partial charge in [0.15, 0.2) is 17.5 Å². The lowest BCUT2D eigenvalue weighted by Gasteiger charge is -2.08. The van der Waals surface area contributed by atoms with Crippen LogP contribution in [0.5, 0.6) is 5.88 Å². The molecule has 6 heteroatoms. The van der Waals surface area contributed by atoms with Crippen molar-refractivity contribution in [1.29, 1.82) is 0 Å². The molecule has 0 atom stereocenters. The maximum Gasteiger partial charge on any atom is 0.252 e. The monoisotopic (exact) mass is 273 g/mol. The molecule has 1 aromatic heterocycles. The predicted octanol–water partition coefficient (Wildman–Crippen LogP) is 3.38. The van der Waals surface area contributed by atoms with Crippen LogP contribution >= 0.6 is 0 Å². The van der Waals surface area contributed by atoms with Crippen LogP contribution in [0.15, 0.2) is 6.07 Å². The maximum atomic E-state index is 13.3. The minimum Gasteiger partial charge on any atom is -0.476 e. The summed E-state index contributed by atoms with van der Waals surface area (Å²) in [5, 5.41) is 0. The van der Waals surface area contributed by atoms with Crippen LogP contribution in [0, 0.1) is 11.6 Å². The second-order valence-corrected chi connectivity index (χ2v) is 4.37. The Labute approximate surface area is 112 Å². The third kappa shape index (κ3) is 5.38. The van der Waals surface area contributed by atoms with Crippen LogP contribution in [0.25, 0.3) is 0 Å². The van der Waals surface area contributed by atoms with Crippen molar-refractivity contribution in [3.8, 4) is 5.88 Å². The fourth-order valence-corrected chi connectivity index (χ4v) is 1.70. The maximum absolute atomic E-state index is 13.3. The van der Waals surface area contributed by atoms with E-state index in [2.05, 4.69) is 17.3 Å². The summed E-state index contributed by atoms with van der Waals surface area (Å²) in [6.45, 7) is 2.53. The van der Waals surface area contributed by atoms with E-state index in [-0.39, 0.29) is 11.7 Å². The van der Waals surface area contributed by atoms with Gasteiger partial charge in [-0.15, -0.1) is 0 Å². The third-order valence-electron chi connectivity index (χ3n) is 2.77. The Morgan fingerprint density at radius 3 is 2.53 bits per heavy atom. The fraction of sp³-hybridized carbons (Fsp3) is 0.615. The summed E-state index contributed by atoms with van der Waals surface area (Å²) in [6.07, 6.45) is 6.65. The van der Waals surface area contributed by atoms with Crippen molar-refractivity contribution in [3.05, 3.63) is 17.7 Å². The highest BCUT2D eigenvalue weighted by Crippen LogP contribution is 2.20. The Morgan fingerprint density at radius 2 is 1.84 bits per heavy atom. The van der Waals surface area contributed by atoms with E-state index in [9.17, 15) is 8.78 Å². The number of nitrogens with two attached hydrogens (primary N) is 1. The van der Waals surface area contributed by atoms with Gasteiger partial charge in [-0.25, -0.2) is 14.6 Å². The smallest absolute Gasteiger partial charge is 0.252 e. The summed E-state index contributed by atoms with van der Waals surface area (Å²) in [5.41, 5.74) is 2.05. The summed E-state index contributed by atoms with van der Waals surface area (Å²) in [7, 11) is 0. The molecule has 4 nitrogen and oxygen atoms in total. The third-order valence-corrected chi connectivity index (χ3v) is 2.77. The summed E-state index contributed by atoms with van der Waals surface area (Å²) in [5.74, 6) is 2.96. The van der Waals surface area contributed by atoms with Gasteiger partial charge < -0.3 is 10.2 Å². The molecule has 0 aliphatic carbocycles. The summed E-state index contributed by atoms with van der Waals surface area (Å²) in [4.78, 5) is 3.63. The molecule has 108 valence electrons. The lowest BCUT2D eigenvalue weighted by Crippen LogP contribution is -2.12. The molecule has 1 heterocycles. The Morgan fingerprint density at radius 1 is 1.16 bits per heavy atom. The summed E-state index contributed by atoms with van der Waals surface area (Å²) in [6, 6.07) is 0.707. The minimum absolute atomic E-state index is 0.220. The summed E-state index contributed by atoms with van der Waals surface area (Å²) >= 11 is 0. The van der Waals surface area contributed by atoms with E-state index in [4.69, 9.17) is 10.6 Å². The number of hydrogen-bond acceptors (Lipinski definition) is 4. The molecule has 0 bridgehead atoms. The van der Waals surface area contributed by atoms with Gasteiger partial charge in [-0.2, -0.15) is 4.98 Å². The zero-order valence-electron chi connectivity index (χ0n) is 11.2. The molecular formula is C13H21F2N3O. The molecule has 0 saturated heterocycles. The van der Waals surface area contributed by atoms with E-state index in [0.29, 0.717) is 12.7 Å². The van der Waals surface area contributed by atoms with Crippen LogP contribution in [0.2, 0.25) is 0 Å². The van der Waals surface area contributed by atoms with Crippen LogP contribution in [0.1, 0.15) is 45.4 Å². The van der Waals surface area contributed by atoms with Gasteiger partial charge >= 0.3 is 0 Å². The zero-order chi connectivity index (χ0) is 14.1. The number of anilines is 1. The van der Waals surface area contributed by atoms with E-state index in [1.54, 1.807) is 0 Å². The first kappa shape index (κ1) is 15.6. The molecule has 1 aromatic rings. The average Bonchev–Trinajstić information content (AvgIpc) is 2.40. The van der Waals surface area contributed by atoms with Gasteiger partial charge in [0.1, 0.15) is 0 Å². The number of unbranched alkanes of at least 4 members (excludes halogenated alkanes) is 5. The van der Waals surface area contributed by atoms with Crippen LogP contribution in [-0.2, 0) is 0 Å². The second kappa shape index (κ2) is 8.63. The lowest BCUT2D eigenvalue weighted by molar-refractivity contribution is 0.277. The molecule has 0 aliphatic heterocycles. The van der Waals surface area contributed by atoms with Crippen molar-refractivity contribution in [2.24, 2.45) is 5.84 Å². The molecule has 0 unspecified atom stereocenters. The largest absolute Gasteiger partial charge is 0.476 e. The van der Waals surface area contributed by atoms with Crippen molar-refractivity contribution < 1.29 is 13.5 Å². The Balaban J connectivity index is 2.33. The number of pyridine rings is 1. The predicted molar refractivity (Wildman–Crippen MR) is 70.8 cm³/mol. The van der Waals surface area contributed by atoms with Gasteiger partial charge in [-0.1, -0.05) is 39.0 Å². The van der Waals surface area contributed by atoms with E-state index in [0.717, 1.165) is 19.3 Å². The molecular weight excluding hydrogens is 252 g/mol. The standard InChI is InChI=1S/C13H21F2N3O/c1-2-3-4-5-6-7-8-19-13-11(15)9-10(14)12(17-13)18-16/h9H,2-8,16H2,1H3,(H,17,18). The average molecular weight is 273 g/mol. The lowest BCUT2D eigenvalue weighted by atomic mass is 10.1. The van der Waals surface area contributed by atoms with E-state index < -0.39 is 11.6 Å². The number of nitrogen functional groups attached to an aromatic ring is 1. The highest BCUT2D eigenvalue weighted by molar-refractivity contribution is 5.38. The molecule has 19 heavy (non-hydrogen) atoms. The number of nitrogens with zero attached hydrogens (tertiary/aromatic N) is 1. The molecule has 0 saturated carbocycles. The molecule has 1 rings (SSSR count). The first-order chi connectivity index (χ1) is 9.19. The van der Waals surface area contributed by atoms with Crippen molar-refractivity contribution in [2.75, 3.05) is 12.0 Å². The molecule has 0 aromatic carbocycles. The van der Waals surface area contributed by atoms with Crippen molar-refractivity contribution in [1.82, 2.24) is 4.98 Å². The SMILES string of the molecule is CCCCCCCCOc1nc(NN)c(F)cc1F. The number of halogens is 2. The van der Waals surface area contributed by atoms with Crippen LogP contribution in [-0.4, -0.2) is 11.6 Å². The van der Waals surface area contributed by atoms with Crippen molar-refractivity contribution in [3.63, 3.8) is 0 Å². The van der Waals surface area contributed by atoms with Crippen LogP contribution < -0.4 is 16.0 Å². The quantitative estimate of drug-likeness (QED) is 0.411. The summed E-state index contributed by atoms with van der Waals surface area (Å²) < 4.78 is 31.6. The Kier molecular flexibility index (Phi) is 7.10. The number of nitrogens with one attached hydrogen (secondary N) is 1. The number of hydrogen-bond donors (Lipinski definition) is 2. The first-order valence-electron chi connectivity index (χ1n) is 6.64. The first-order valence-corrected chi connectivity index (χ1v) is 6.64. The Bertz CT molecular complexity index is 388. The van der Waals surface area contributed by atoms with Gasteiger partial charge in [0.05, 0.1) is 6.61 Å². The number of aromatic nitrogens is 1. The molecule has 3 N–H and O–H groups in total. The highest BCUT2D eigenvalue weighted by Gasteiger charge is 2.12. The number of hydrazine groups is 1. The Hall–Kier alpha value is -1.43. The molecule has 0 amide bonds. The second-order valence-electron chi connectivity index (χ2n) is 4.37. The van der Waals surface area contributed by atoms with Gasteiger partial charge in [0.25, 0.3) is 5.88 Å². The van der Waals surface area contributed by atoms with Gasteiger partial charge in [-0.05, 0) is 6.42 Å². The zero-order valence-corrected chi connectivity index (χ0v) is 11.2. The topological polar surface area (TPSA) is 60.2 Å². The van der Waals surface area contributed by atoms with Crippen LogP contribution in [0.3, 0.4) is 0 Å². The van der Waals surface area contributed by atoms with Crippen molar-refractivity contribution >= 4 is 5.82 Å². The molecule has 0 spiro atoms. The van der Waals surface area contributed by atoms with E-state index in [1.807, 2.05) is 0 Å². The minimum atomic E-state index is -0.841. The van der Waals surface area contributed by atoms with Crippen LogP contribution in [0.4, 0.5) is 14.6 Å². The normalized spacial score (nSPS) is 10.5. The van der Waals surface area contributed by atoms with E-state index in [1.165, 1.54) is 19.3 Å². The molecule has 0 radical (unpaired) electrons. The van der Waals surface area contributed by atoms with Gasteiger partial charge in [0, 0.05) is 6.07 Å². The van der Waals surface area contributed by atoms with E-state index >= 15 is 0 Å². The molecule has 0 aliphatic rings. The fourth-order valence-electron chi connectivity index (χ4n) is 1.70. The molecule has 0 fully saturated rings. The number of rotatable bonds is 9. The number of ether oxygens (including phenoxy) is 1. The van der Waals surface area contributed by atoms with Gasteiger partial charge in [0.2, 0.25) is 0 Å². The van der Waals surface area contributed by atoms with Crippen molar-refractivity contribution in [2.45, 2.75) is 45.4 Å².